The average molecular weight is 1520 g/mol. The van der Waals surface area contributed by atoms with E-state index < -0.39 is 154 Å². The molecule has 10 aromatic carbocycles. The van der Waals surface area contributed by atoms with E-state index in [0.29, 0.717) is 0 Å². The van der Waals surface area contributed by atoms with Crippen LogP contribution in [0.1, 0.15) is 89.2 Å². The fourth-order valence-electron chi connectivity index (χ4n) is 13.0. The van der Waals surface area contributed by atoms with Crippen molar-refractivity contribution >= 4 is 41.8 Å². The van der Waals surface area contributed by atoms with Gasteiger partial charge in [-0.3, -0.25) is 0 Å². The van der Waals surface area contributed by atoms with Crippen LogP contribution in [0.25, 0.3) is 0 Å². The molecule has 112 heavy (non-hydrogen) atoms. The molecular weight excluding hydrogens is 1440 g/mol. The fourth-order valence-corrected chi connectivity index (χ4v) is 13.0. The first-order valence-corrected chi connectivity index (χ1v) is 36.4. The van der Waals surface area contributed by atoms with Gasteiger partial charge in [-0.1, -0.05) is 218 Å². The van der Waals surface area contributed by atoms with E-state index in [1.807, 2.05) is 91.0 Å². The molecular formula is C89H80O23. The topological polar surface area (TPSA) is 267 Å². The molecule has 0 bridgehead atoms. The molecule has 3 saturated heterocycles. The summed E-state index contributed by atoms with van der Waals surface area (Å²) in [6.07, 6.45) is -24.1. The first kappa shape index (κ1) is 78.3. The lowest BCUT2D eigenvalue weighted by Crippen LogP contribution is -2.65. The second kappa shape index (κ2) is 39.2. The van der Waals surface area contributed by atoms with E-state index in [4.69, 9.17) is 75.8 Å². The third-order valence-electron chi connectivity index (χ3n) is 18.6. The van der Waals surface area contributed by atoms with Gasteiger partial charge in [-0.2, -0.15) is 0 Å². The summed E-state index contributed by atoms with van der Waals surface area (Å²) in [6.45, 7) is -1.92. The Morgan fingerprint density at radius 3 is 0.768 bits per heavy atom. The van der Waals surface area contributed by atoms with E-state index in [9.17, 15) is 24.0 Å². The zero-order valence-electron chi connectivity index (χ0n) is 60.7. The highest BCUT2D eigenvalue weighted by atomic mass is 16.8. The molecule has 23 nitrogen and oxygen atoms in total. The van der Waals surface area contributed by atoms with Crippen LogP contribution in [0.15, 0.2) is 303 Å². The summed E-state index contributed by atoms with van der Waals surface area (Å²) in [6, 6.07) is 83.4. The number of benzene rings is 10. The minimum atomic E-state index is -1.99. The smallest absolute Gasteiger partial charge is 0.338 e. The molecule has 0 radical (unpaired) electrons. The highest BCUT2D eigenvalue weighted by molar-refractivity contribution is 5.93. The largest absolute Gasteiger partial charge is 0.459 e. The van der Waals surface area contributed by atoms with Gasteiger partial charge in [-0.25, -0.2) is 33.6 Å². The molecule has 0 aliphatic carbocycles. The Labute approximate surface area is 645 Å². The van der Waals surface area contributed by atoms with Gasteiger partial charge in [0, 0.05) is 7.11 Å². The second-order valence-corrected chi connectivity index (χ2v) is 26.2. The lowest BCUT2D eigenvalue weighted by Gasteiger charge is -2.47. The van der Waals surface area contributed by atoms with Crippen LogP contribution in [-0.2, 0) is 95.6 Å². The number of methoxy groups -OCH3 is 1. The number of ether oxygens (including phenoxy) is 16. The van der Waals surface area contributed by atoms with E-state index in [1.165, 1.54) is 92.0 Å². The Morgan fingerprint density at radius 1 is 0.232 bits per heavy atom. The standard InChI is InChI=1S/C89H80O23/c1-97-87-77(100-54-60-36-16-4-17-37-60)74(99-53-59-34-14-3-15-35-59)71(98-52-58-32-12-2-13-33-58)68(104-87)56-102-88-79(112-86(96)67-50-30-11-31-51-67)76(110-84(94)65-46-26-9-27-47-65)73(108-82(92)63-42-22-7-23-43-63)70(106-88)57-103-89-78(111-85(95)66-48-28-10-29-49-66)75(109-83(93)64-44-24-8-25-45-64)72(107-81(91)62-40-20-6-21-41-62)69(105-89)55-101-80(90)61-38-18-5-19-39-61/h2-51,68-79,87-89H,52-57H2,1H3/t68-,69-,70-,71-,72-,73-,74+,75+,76+,77-,78-,79-,87+,88-,89-/m1/s1. The molecule has 3 fully saturated rings. The minimum Gasteiger partial charge on any atom is -0.459 e. The highest BCUT2D eigenvalue weighted by Gasteiger charge is 2.58. The lowest BCUT2D eigenvalue weighted by atomic mass is 9.96. The molecule has 13 rings (SSSR count). The van der Waals surface area contributed by atoms with Gasteiger partial charge in [0.25, 0.3) is 0 Å². The van der Waals surface area contributed by atoms with Crippen molar-refractivity contribution in [1.82, 2.24) is 0 Å². The summed E-state index contributed by atoms with van der Waals surface area (Å²) in [4.78, 5) is 103. The van der Waals surface area contributed by atoms with Crippen molar-refractivity contribution in [1.29, 1.82) is 0 Å². The predicted octanol–water partition coefficient (Wildman–Crippen LogP) is 12.8. The zero-order chi connectivity index (χ0) is 77.4. The summed E-state index contributed by atoms with van der Waals surface area (Å²) in [5.41, 5.74) is 2.70. The molecule has 0 unspecified atom stereocenters. The van der Waals surface area contributed by atoms with Crippen molar-refractivity contribution in [3.05, 3.63) is 359 Å². The van der Waals surface area contributed by atoms with E-state index in [0.717, 1.165) is 16.7 Å². The van der Waals surface area contributed by atoms with Gasteiger partial charge in [-0.15, -0.1) is 0 Å². The number of esters is 7. The molecule has 574 valence electrons. The van der Waals surface area contributed by atoms with E-state index >= 15 is 9.59 Å². The van der Waals surface area contributed by atoms with Crippen molar-refractivity contribution in [2.45, 2.75) is 112 Å². The number of rotatable bonds is 31. The summed E-state index contributed by atoms with van der Waals surface area (Å²) >= 11 is 0. The van der Waals surface area contributed by atoms with Crippen LogP contribution in [0, 0.1) is 0 Å². The van der Waals surface area contributed by atoms with Crippen molar-refractivity contribution in [3.63, 3.8) is 0 Å². The molecule has 3 aliphatic rings. The van der Waals surface area contributed by atoms with Gasteiger partial charge in [0.1, 0.15) is 43.2 Å². The number of hydrogen-bond donors (Lipinski definition) is 0. The summed E-state index contributed by atoms with van der Waals surface area (Å²) in [5, 5.41) is 0. The summed E-state index contributed by atoms with van der Waals surface area (Å²) < 4.78 is 106. The number of carbonyl (C=O) groups excluding carboxylic acids is 7. The summed E-state index contributed by atoms with van der Waals surface area (Å²) in [7, 11) is 1.45. The van der Waals surface area contributed by atoms with Crippen LogP contribution in [0.3, 0.4) is 0 Å². The van der Waals surface area contributed by atoms with Gasteiger partial charge in [0.15, 0.2) is 55.5 Å². The Morgan fingerprint density at radius 2 is 0.464 bits per heavy atom. The molecule has 3 aliphatic heterocycles. The SMILES string of the molecule is CO[C@H]1O[C@H](CO[C@@H]2O[C@H](CO[C@@H]3O[C@H](COC(=O)c4ccccc4)[C@@H](OC(=O)c4ccccc4)[C@H](OC(=O)c4ccccc4)[C@H]3OC(=O)c3ccccc3)[C@@H](OC(=O)c3ccccc3)[C@H](OC(=O)c3ccccc3)[C@H]2OC(=O)c2ccccc2)[C@@H](OCc2ccccc2)[C@H](OCc2ccccc2)[C@H]1OCc1ccccc1. The van der Waals surface area contributed by atoms with E-state index in [2.05, 4.69) is 0 Å². The monoisotopic (exact) mass is 1520 g/mol. The quantitative estimate of drug-likeness (QED) is 0.0288. The van der Waals surface area contributed by atoms with Crippen LogP contribution >= 0.6 is 0 Å². The third kappa shape index (κ3) is 20.6. The Bertz CT molecular complexity index is 4640. The fraction of sp³-hybridized carbons (Fsp3) is 0.247. The molecule has 0 amide bonds. The average Bonchev–Trinajstić information content (AvgIpc) is 0.773. The van der Waals surface area contributed by atoms with Crippen molar-refractivity contribution in [2.75, 3.05) is 26.9 Å². The van der Waals surface area contributed by atoms with Gasteiger partial charge < -0.3 is 75.8 Å². The number of carbonyl (C=O) groups is 7. The lowest BCUT2D eigenvalue weighted by molar-refractivity contribution is -0.346. The van der Waals surface area contributed by atoms with Crippen LogP contribution < -0.4 is 0 Å². The first-order chi connectivity index (χ1) is 54.9. The minimum absolute atomic E-state index is 0.00423. The Kier molecular flexibility index (Phi) is 27.4. The molecule has 0 spiro atoms. The molecule has 15 atom stereocenters. The maximum Gasteiger partial charge on any atom is 0.338 e. The van der Waals surface area contributed by atoms with Crippen LogP contribution in [0.5, 0.6) is 0 Å². The maximum atomic E-state index is 15.1. The highest BCUT2D eigenvalue weighted by Crippen LogP contribution is 2.38. The summed E-state index contributed by atoms with van der Waals surface area (Å²) in [5.74, 6) is -6.74. The molecule has 0 N–H and O–H groups in total. The molecule has 0 aromatic heterocycles. The predicted molar refractivity (Wildman–Crippen MR) is 401 cm³/mol. The third-order valence-corrected chi connectivity index (χ3v) is 18.6. The molecule has 10 aromatic rings. The Balaban J connectivity index is 0.927. The number of hydrogen-bond acceptors (Lipinski definition) is 23. The van der Waals surface area contributed by atoms with Gasteiger partial charge in [0.2, 0.25) is 0 Å². The zero-order valence-corrected chi connectivity index (χ0v) is 60.7. The first-order valence-electron chi connectivity index (χ1n) is 36.4. The van der Waals surface area contributed by atoms with Crippen molar-refractivity contribution in [3.8, 4) is 0 Å². The normalized spacial score (nSPS) is 23.3. The molecule has 23 heteroatoms. The van der Waals surface area contributed by atoms with Crippen LogP contribution in [-0.4, -0.2) is 161 Å². The van der Waals surface area contributed by atoms with Gasteiger partial charge >= 0.3 is 41.8 Å². The van der Waals surface area contributed by atoms with Gasteiger partial charge in [-0.05, 0) is 102 Å². The maximum absolute atomic E-state index is 15.1. The van der Waals surface area contributed by atoms with Crippen molar-refractivity contribution in [2.24, 2.45) is 0 Å². The molecule has 0 saturated carbocycles. The van der Waals surface area contributed by atoms with Crippen molar-refractivity contribution < 1.29 is 109 Å². The molecule has 3 heterocycles. The van der Waals surface area contributed by atoms with E-state index in [-0.39, 0.29) is 58.8 Å². The second-order valence-electron chi connectivity index (χ2n) is 26.2. The van der Waals surface area contributed by atoms with Gasteiger partial charge in [0.05, 0.1) is 72.0 Å². The van der Waals surface area contributed by atoms with Crippen LogP contribution in [0.4, 0.5) is 0 Å². The van der Waals surface area contributed by atoms with Crippen LogP contribution in [0.2, 0.25) is 0 Å². The van der Waals surface area contributed by atoms with E-state index in [1.54, 1.807) is 127 Å². The Hall–Kier alpha value is -11.9.